The fourth-order valence-electron chi connectivity index (χ4n) is 1.84. The van der Waals surface area contributed by atoms with Gasteiger partial charge >= 0.3 is 0 Å². The normalized spacial score (nSPS) is 18.8. The van der Waals surface area contributed by atoms with Crippen molar-refractivity contribution in [2.75, 3.05) is 7.11 Å². The van der Waals surface area contributed by atoms with Gasteiger partial charge < -0.3 is 4.74 Å². The van der Waals surface area contributed by atoms with Crippen LogP contribution in [0.5, 0.6) is 5.75 Å². The summed E-state index contributed by atoms with van der Waals surface area (Å²) in [6, 6.07) is 7.60. The Morgan fingerprint density at radius 2 is 2.06 bits per heavy atom. The topological polar surface area (TPSA) is 26.3 Å². The second kappa shape index (κ2) is 5.70. The van der Waals surface area contributed by atoms with Gasteiger partial charge in [-0.05, 0) is 12.1 Å². The van der Waals surface area contributed by atoms with Crippen molar-refractivity contribution in [3.63, 3.8) is 0 Å². The van der Waals surface area contributed by atoms with Crippen LogP contribution in [0, 0.1) is 0 Å². The van der Waals surface area contributed by atoms with E-state index in [9.17, 15) is 4.79 Å². The highest BCUT2D eigenvalue weighted by molar-refractivity contribution is 9.12. The molecule has 0 radical (unpaired) electrons. The van der Waals surface area contributed by atoms with Gasteiger partial charge in [0.05, 0.1) is 17.5 Å². The molecule has 0 amide bonds. The molecule has 1 aliphatic carbocycles. The van der Waals surface area contributed by atoms with Crippen molar-refractivity contribution >= 4 is 43.4 Å². The van der Waals surface area contributed by atoms with E-state index in [0.29, 0.717) is 5.57 Å². The third-order valence-electron chi connectivity index (χ3n) is 2.66. The Hall–Kier alpha value is -1.09. The van der Waals surface area contributed by atoms with Gasteiger partial charge in [-0.1, -0.05) is 56.1 Å². The summed E-state index contributed by atoms with van der Waals surface area (Å²) in [5.74, 6) is 2.74. The molecule has 0 saturated heterocycles. The summed E-state index contributed by atoms with van der Waals surface area (Å²) in [4.78, 5) is 11.0. The molecule has 4 heteroatoms. The molecule has 0 aromatic heterocycles. The van der Waals surface area contributed by atoms with Crippen molar-refractivity contribution in [1.29, 1.82) is 0 Å². The fourth-order valence-corrected chi connectivity index (χ4v) is 3.31. The first-order valence-electron chi connectivity index (χ1n) is 5.29. The van der Waals surface area contributed by atoms with Crippen LogP contribution < -0.4 is 4.74 Å². The minimum absolute atomic E-state index is 0.144. The maximum atomic E-state index is 11.1. The zero-order chi connectivity index (χ0) is 13.1. The first kappa shape index (κ1) is 13.3. The maximum Gasteiger partial charge on any atom is 0.130 e. The molecule has 0 aliphatic heterocycles. The van der Waals surface area contributed by atoms with E-state index in [2.05, 4.69) is 31.9 Å². The van der Waals surface area contributed by atoms with E-state index in [0.717, 1.165) is 21.4 Å². The number of rotatable bonds is 2. The van der Waals surface area contributed by atoms with Gasteiger partial charge in [0.15, 0.2) is 0 Å². The van der Waals surface area contributed by atoms with Crippen molar-refractivity contribution in [2.24, 2.45) is 0 Å². The van der Waals surface area contributed by atoms with Gasteiger partial charge in [0, 0.05) is 15.6 Å². The summed E-state index contributed by atoms with van der Waals surface area (Å²) in [6.07, 6.45) is 3.80. The van der Waals surface area contributed by atoms with E-state index in [1.54, 1.807) is 7.11 Å². The number of para-hydroxylation sites is 1. The van der Waals surface area contributed by atoms with Gasteiger partial charge in [0.2, 0.25) is 0 Å². The van der Waals surface area contributed by atoms with Gasteiger partial charge in [0.1, 0.15) is 11.7 Å². The average Bonchev–Trinajstić information content (AvgIpc) is 2.38. The number of hydrogen-bond acceptors (Lipinski definition) is 2. The molecule has 2 nitrogen and oxygen atoms in total. The van der Waals surface area contributed by atoms with Crippen molar-refractivity contribution in [3.8, 4) is 5.75 Å². The van der Waals surface area contributed by atoms with Crippen LogP contribution in [0.3, 0.4) is 0 Å². The number of allylic oxidation sites excluding steroid dienone is 5. The summed E-state index contributed by atoms with van der Waals surface area (Å²) in [5.41, 5.74) is 2.27. The highest BCUT2D eigenvalue weighted by Crippen LogP contribution is 2.38. The molecule has 0 spiro atoms. The molecule has 0 fully saturated rings. The number of hydrogen-bond donors (Lipinski definition) is 0. The minimum Gasteiger partial charge on any atom is -0.496 e. The number of halogens is 2. The Morgan fingerprint density at radius 1 is 1.33 bits per heavy atom. The predicted octanol–water partition coefficient (Wildman–Crippen LogP) is 3.89. The zero-order valence-corrected chi connectivity index (χ0v) is 12.8. The molecule has 1 aromatic rings. The monoisotopic (exact) mass is 368 g/mol. The smallest absolute Gasteiger partial charge is 0.130 e. The molecule has 1 aliphatic rings. The first-order valence-corrected chi connectivity index (χ1v) is 7.00. The molecule has 1 aromatic carbocycles. The highest BCUT2D eigenvalue weighted by Gasteiger charge is 2.22. The van der Waals surface area contributed by atoms with Crippen LogP contribution in [0.15, 0.2) is 46.5 Å². The molecule has 2 rings (SSSR count). The Balaban J connectivity index is 2.61. The van der Waals surface area contributed by atoms with E-state index < -0.39 is 0 Å². The largest absolute Gasteiger partial charge is 0.496 e. The van der Waals surface area contributed by atoms with Crippen LogP contribution in [0.4, 0.5) is 0 Å². The summed E-state index contributed by atoms with van der Waals surface area (Å²) < 4.78 is 6.25. The molecular weight excluding hydrogens is 360 g/mol. The maximum absolute atomic E-state index is 11.1. The number of alkyl halides is 1. The van der Waals surface area contributed by atoms with Crippen LogP contribution in [0.2, 0.25) is 0 Å². The van der Waals surface area contributed by atoms with Crippen molar-refractivity contribution in [2.45, 2.75) is 4.83 Å². The minimum atomic E-state index is -0.144. The van der Waals surface area contributed by atoms with Crippen LogP contribution in [-0.2, 0) is 4.79 Å². The quantitative estimate of drug-likeness (QED) is 0.583. The zero-order valence-electron chi connectivity index (χ0n) is 9.61. The number of carbonyl (C=O) groups excluding carboxylic acids is 1. The fraction of sp³-hybridized carbons (Fsp3) is 0.143. The molecule has 0 saturated carbocycles. The Bertz CT molecular complexity index is 581. The van der Waals surface area contributed by atoms with Gasteiger partial charge in [-0.2, -0.15) is 0 Å². The summed E-state index contributed by atoms with van der Waals surface area (Å²) in [5, 5.41) is 0. The average molecular weight is 370 g/mol. The van der Waals surface area contributed by atoms with Gasteiger partial charge in [-0.15, -0.1) is 0 Å². The lowest BCUT2D eigenvalue weighted by Gasteiger charge is -2.18. The molecule has 18 heavy (non-hydrogen) atoms. The van der Waals surface area contributed by atoms with E-state index in [4.69, 9.17) is 4.74 Å². The number of methoxy groups -OCH3 is 1. The van der Waals surface area contributed by atoms with Gasteiger partial charge in [-0.25, -0.2) is 4.79 Å². The lowest BCUT2D eigenvalue weighted by molar-refractivity contribution is 0.413. The number of ether oxygens (including phenoxy) is 1. The van der Waals surface area contributed by atoms with Crippen molar-refractivity contribution < 1.29 is 9.53 Å². The van der Waals surface area contributed by atoms with Gasteiger partial charge in [0.25, 0.3) is 0 Å². The van der Waals surface area contributed by atoms with E-state index in [-0.39, 0.29) is 4.83 Å². The van der Waals surface area contributed by atoms with E-state index >= 15 is 0 Å². The second-order valence-electron chi connectivity index (χ2n) is 3.73. The lowest BCUT2D eigenvalue weighted by atomic mass is 9.92. The Kier molecular flexibility index (Phi) is 4.23. The Labute approximate surface area is 122 Å². The highest BCUT2D eigenvalue weighted by atomic mass is 79.9. The van der Waals surface area contributed by atoms with Crippen LogP contribution >= 0.6 is 31.9 Å². The first-order chi connectivity index (χ1) is 8.67. The van der Waals surface area contributed by atoms with Crippen LogP contribution in [0.1, 0.15) is 5.56 Å². The molecular formula is C14H10Br2O2. The third kappa shape index (κ3) is 2.51. The Morgan fingerprint density at radius 3 is 2.72 bits per heavy atom. The molecule has 1 unspecified atom stereocenters. The molecule has 92 valence electrons. The summed E-state index contributed by atoms with van der Waals surface area (Å²) in [6.45, 7) is 0. The van der Waals surface area contributed by atoms with E-state index in [1.165, 1.54) is 0 Å². The lowest BCUT2D eigenvalue weighted by Crippen LogP contribution is -2.08. The predicted molar refractivity (Wildman–Crippen MR) is 79.9 cm³/mol. The molecule has 0 bridgehead atoms. The van der Waals surface area contributed by atoms with Crippen LogP contribution in [-0.4, -0.2) is 17.9 Å². The third-order valence-corrected chi connectivity index (χ3v) is 3.88. The van der Waals surface area contributed by atoms with Crippen molar-refractivity contribution in [3.05, 3.63) is 52.0 Å². The SMILES string of the molecule is COc1ccccc1C1=CC(Br)=CC(Br)C1=C=O. The molecule has 1 atom stereocenters. The number of benzene rings is 1. The second-order valence-corrected chi connectivity index (χ2v) is 5.63. The summed E-state index contributed by atoms with van der Waals surface area (Å²) in [7, 11) is 1.61. The molecule has 0 N–H and O–H groups in total. The van der Waals surface area contributed by atoms with Gasteiger partial charge in [-0.3, -0.25) is 0 Å². The summed E-state index contributed by atoms with van der Waals surface area (Å²) >= 11 is 6.89. The standard InChI is InChI=1S/C14H10Br2O2/c1-18-14-5-3-2-4-10(14)11-6-9(15)7-13(16)12(11)8-17/h2-7,13H,1H3. The van der Waals surface area contributed by atoms with E-state index in [1.807, 2.05) is 42.4 Å². The molecule has 0 heterocycles. The van der Waals surface area contributed by atoms with Crippen molar-refractivity contribution in [1.82, 2.24) is 0 Å². The van der Waals surface area contributed by atoms with Crippen LogP contribution in [0.25, 0.3) is 5.57 Å².